The van der Waals surface area contributed by atoms with Crippen molar-refractivity contribution >= 4 is 5.69 Å². The van der Waals surface area contributed by atoms with E-state index >= 15 is 0 Å². The van der Waals surface area contributed by atoms with Crippen LogP contribution < -0.4 is 10.5 Å². The number of rotatable bonds is 4. The summed E-state index contributed by atoms with van der Waals surface area (Å²) in [5, 5.41) is 0. The number of anilines is 1. The van der Waals surface area contributed by atoms with Gasteiger partial charge in [-0.2, -0.15) is 13.2 Å². The predicted octanol–water partition coefficient (Wildman–Crippen LogP) is 2.88. The largest absolute Gasteiger partial charge is 0.489 e. The summed E-state index contributed by atoms with van der Waals surface area (Å²) in [7, 11) is 0. The summed E-state index contributed by atoms with van der Waals surface area (Å²) in [6.07, 6.45) is -3.59. The van der Waals surface area contributed by atoms with Crippen LogP contribution in [0.15, 0.2) is 12.3 Å². The maximum atomic E-state index is 12.5. The quantitative estimate of drug-likeness (QED) is 0.860. The Morgan fingerprint density at radius 2 is 1.84 bits per heavy atom. The molecule has 2 N–H and O–H groups in total. The van der Waals surface area contributed by atoms with Gasteiger partial charge >= 0.3 is 6.18 Å². The highest BCUT2D eigenvalue weighted by atomic mass is 19.4. The number of nitrogen functional groups attached to an aromatic ring is 1. The number of nitrogens with two attached hydrogens (primary N) is 1. The van der Waals surface area contributed by atoms with E-state index in [1.807, 2.05) is 20.8 Å². The Labute approximate surface area is 109 Å². The van der Waals surface area contributed by atoms with Crippen LogP contribution in [-0.2, 0) is 10.9 Å². The average molecular weight is 278 g/mol. The van der Waals surface area contributed by atoms with Gasteiger partial charge in [-0.1, -0.05) is 0 Å². The lowest BCUT2D eigenvalue weighted by atomic mass is 10.2. The molecule has 0 bridgehead atoms. The Bertz CT molecular complexity index is 428. The molecule has 0 aliphatic heterocycles. The highest BCUT2D eigenvalue weighted by Crippen LogP contribution is 2.32. The van der Waals surface area contributed by atoms with Gasteiger partial charge in [0.1, 0.15) is 18.1 Å². The van der Waals surface area contributed by atoms with Crippen LogP contribution >= 0.6 is 0 Å². The van der Waals surface area contributed by atoms with Crippen LogP contribution in [0.2, 0.25) is 0 Å². The van der Waals surface area contributed by atoms with Gasteiger partial charge in [0.25, 0.3) is 0 Å². The topological polar surface area (TPSA) is 57.4 Å². The Balaban J connectivity index is 2.63. The number of aromatic nitrogens is 1. The molecule has 0 saturated carbocycles. The summed E-state index contributed by atoms with van der Waals surface area (Å²) >= 11 is 0. The third kappa shape index (κ3) is 5.34. The average Bonchev–Trinajstić information content (AvgIpc) is 2.23. The molecule has 1 aromatic rings. The maximum absolute atomic E-state index is 12.5. The minimum absolute atomic E-state index is 0.0418. The summed E-state index contributed by atoms with van der Waals surface area (Å²) in [6.45, 7) is 5.98. The summed E-state index contributed by atoms with van der Waals surface area (Å²) in [5.74, 6) is -0.0418. The first-order valence-electron chi connectivity index (χ1n) is 5.69. The van der Waals surface area contributed by atoms with E-state index in [9.17, 15) is 13.2 Å². The molecule has 1 aromatic heterocycles. The van der Waals surface area contributed by atoms with E-state index in [1.54, 1.807) is 0 Å². The number of hydrogen-bond acceptors (Lipinski definition) is 4. The molecule has 0 aromatic carbocycles. The molecule has 7 heteroatoms. The van der Waals surface area contributed by atoms with Crippen LogP contribution in [-0.4, -0.2) is 23.8 Å². The van der Waals surface area contributed by atoms with Crippen molar-refractivity contribution < 1.29 is 22.6 Å². The lowest BCUT2D eigenvalue weighted by Gasteiger charge is -2.19. The van der Waals surface area contributed by atoms with Gasteiger partial charge < -0.3 is 15.2 Å². The molecule has 19 heavy (non-hydrogen) atoms. The molecule has 0 amide bonds. The minimum atomic E-state index is -4.52. The van der Waals surface area contributed by atoms with Crippen molar-refractivity contribution in [1.29, 1.82) is 0 Å². The fourth-order valence-electron chi connectivity index (χ4n) is 1.23. The molecule has 0 radical (unpaired) electrons. The first-order valence-corrected chi connectivity index (χ1v) is 5.69. The molecule has 0 saturated heterocycles. The second-order valence-corrected chi connectivity index (χ2v) is 4.91. The van der Waals surface area contributed by atoms with Gasteiger partial charge in [0.2, 0.25) is 0 Å². The number of alkyl halides is 3. The van der Waals surface area contributed by atoms with E-state index in [0.29, 0.717) is 0 Å². The Kier molecular flexibility index (Phi) is 4.62. The zero-order chi connectivity index (χ0) is 14.7. The molecular weight excluding hydrogens is 261 g/mol. The maximum Gasteiger partial charge on any atom is 0.433 e. The van der Waals surface area contributed by atoms with E-state index in [2.05, 4.69) is 4.98 Å². The SMILES string of the molecule is CC(C)(C)OCCOc1cc(C(F)(F)F)ncc1N. The molecule has 0 unspecified atom stereocenters. The van der Waals surface area contributed by atoms with Gasteiger partial charge in [-0.25, -0.2) is 4.98 Å². The molecule has 0 atom stereocenters. The molecule has 4 nitrogen and oxygen atoms in total. The van der Waals surface area contributed by atoms with Crippen LogP contribution in [0.4, 0.5) is 18.9 Å². The zero-order valence-corrected chi connectivity index (χ0v) is 11.0. The number of hydrogen-bond donors (Lipinski definition) is 1. The van der Waals surface area contributed by atoms with Crippen LogP contribution in [0.25, 0.3) is 0 Å². The van der Waals surface area contributed by atoms with Gasteiger partial charge in [0, 0.05) is 6.07 Å². The first kappa shape index (κ1) is 15.6. The summed E-state index contributed by atoms with van der Waals surface area (Å²) < 4.78 is 47.9. The van der Waals surface area contributed by atoms with Crippen molar-refractivity contribution in [3.05, 3.63) is 18.0 Å². The molecule has 108 valence electrons. The Morgan fingerprint density at radius 3 is 2.37 bits per heavy atom. The van der Waals surface area contributed by atoms with Crippen molar-refractivity contribution in [2.75, 3.05) is 18.9 Å². The van der Waals surface area contributed by atoms with E-state index in [-0.39, 0.29) is 30.3 Å². The highest BCUT2D eigenvalue weighted by molar-refractivity contribution is 5.51. The standard InChI is InChI=1S/C12H17F3N2O2/c1-11(2,3)19-5-4-18-9-6-10(12(13,14)15)17-7-8(9)16/h6-7H,4-5,16H2,1-3H3. The fraction of sp³-hybridized carbons (Fsp3) is 0.583. The summed E-state index contributed by atoms with van der Waals surface area (Å²) in [4.78, 5) is 3.22. The monoisotopic (exact) mass is 278 g/mol. The van der Waals surface area contributed by atoms with Crippen LogP contribution in [0.1, 0.15) is 26.5 Å². The van der Waals surface area contributed by atoms with E-state index < -0.39 is 11.9 Å². The second-order valence-electron chi connectivity index (χ2n) is 4.91. The van der Waals surface area contributed by atoms with Crippen LogP contribution in [0.3, 0.4) is 0 Å². The van der Waals surface area contributed by atoms with Crippen LogP contribution in [0.5, 0.6) is 5.75 Å². The summed E-state index contributed by atoms with van der Waals surface area (Å²) in [6, 6.07) is 0.784. The highest BCUT2D eigenvalue weighted by Gasteiger charge is 2.33. The molecule has 1 rings (SSSR count). The molecular formula is C12H17F3N2O2. The van der Waals surface area contributed by atoms with Gasteiger partial charge in [-0.3, -0.25) is 0 Å². The van der Waals surface area contributed by atoms with Crippen molar-refractivity contribution in [2.24, 2.45) is 0 Å². The number of nitrogens with zero attached hydrogens (tertiary/aromatic N) is 1. The molecule has 0 aliphatic carbocycles. The lowest BCUT2D eigenvalue weighted by molar-refractivity contribution is -0.141. The molecule has 1 heterocycles. The van der Waals surface area contributed by atoms with E-state index in [4.69, 9.17) is 15.2 Å². The molecule has 0 aliphatic rings. The lowest BCUT2D eigenvalue weighted by Crippen LogP contribution is -2.22. The number of halogens is 3. The zero-order valence-electron chi connectivity index (χ0n) is 11.0. The minimum Gasteiger partial charge on any atom is -0.489 e. The smallest absolute Gasteiger partial charge is 0.433 e. The van der Waals surface area contributed by atoms with Crippen LogP contribution in [0, 0.1) is 0 Å². The normalized spacial score (nSPS) is 12.5. The Morgan fingerprint density at radius 1 is 1.21 bits per heavy atom. The van der Waals surface area contributed by atoms with Gasteiger partial charge in [0.05, 0.1) is 24.1 Å². The van der Waals surface area contributed by atoms with E-state index in [1.165, 1.54) is 0 Å². The van der Waals surface area contributed by atoms with Gasteiger partial charge in [-0.05, 0) is 20.8 Å². The third-order valence-electron chi connectivity index (χ3n) is 2.06. The Hall–Kier alpha value is -1.50. The van der Waals surface area contributed by atoms with Crippen molar-refractivity contribution in [3.8, 4) is 5.75 Å². The van der Waals surface area contributed by atoms with Crippen molar-refractivity contribution in [3.63, 3.8) is 0 Å². The fourth-order valence-corrected chi connectivity index (χ4v) is 1.23. The third-order valence-corrected chi connectivity index (χ3v) is 2.06. The number of pyridine rings is 1. The van der Waals surface area contributed by atoms with Gasteiger partial charge in [-0.15, -0.1) is 0 Å². The predicted molar refractivity (Wildman–Crippen MR) is 64.9 cm³/mol. The first-order chi connectivity index (χ1) is 8.59. The molecule has 0 spiro atoms. The number of ether oxygens (including phenoxy) is 2. The summed E-state index contributed by atoms with van der Waals surface area (Å²) in [5.41, 5.74) is 4.20. The molecule has 0 fully saturated rings. The van der Waals surface area contributed by atoms with Gasteiger partial charge in [0.15, 0.2) is 0 Å². The second kappa shape index (κ2) is 5.64. The van der Waals surface area contributed by atoms with Crippen molar-refractivity contribution in [1.82, 2.24) is 4.98 Å². The van der Waals surface area contributed by atoms with E-state index in [0.717, 1.165) is 12.3 Å². The van der Waals surface area contributed by atoms with Crippen molar-refractivity contribution in [2.45, 2.75) is 32.5 Å².